The van der Waals surface area contributed by atoms with Crippen LogP contribution in [0.3, 0.4) is 0 Å². The van der Waals surface area contributed by atoms with Crippen LogP contribution < -0.4 is 20.3 Å². The number of nitro benzene ring substituents is 1. The summed E-state index contributed by atoms with van der Waals surface area (Å²) in [5.41, 5.74) is 0.118. The number of halogens is 2. The summed E-state index contributed by atoms with van der Waals surface area (Å²) in [5.74, 6) is -1.05. The van der Waals surface area contributed by atoms with Gasteiger partial charge in [0.05, 0.1) is 29.2 Å². The normalized spacial score (nSPS) is 11.1. The summed E-state index contributed by atoms with van der Waals surface area (Å²) in [7, 11) is 1.29. The minimum atomic E-state index is -0.687. The number of hydrogen-bond donors (Lipinski definition) is 1. The zero-order valence-electron chi connectivity index (χ0n) is 22.1. The molecule has 0 fully saturated rings. The third-order valence-electron chi connectivity index (χ3n) is 5.88. The summed E-state index contributed by atoms with van der Waals surface area (Å²) in [6.45, 7) is 1.42. The average Bonchev–Trinajstić information content (AvgIpc) is 2.94. The summed E-state index contributed by atoms with van der Waals surface area (Å²) >= 11 is 3.37. The maximum absolute atomic E-state index is 13.4. The Morgan fingerprint density at radius 2 is 2.05 bits per heavy atom. The topological polar surface area (TPSA) is 138 Å². The number of aryl methyl sites for hydroxylation is 1. The molecule has 1 heterocycles. The molecule has 13 heteroatoms. The van der Waals surface area contributed by atoms with Gasteiger partial charge in [-0.3, -0.25) is 19.7 Å². The molecule has 0 saturated heterocycles. The lowest BCUT2D eigenvalue weighted by molar-refractivity contribution is -0.385. The second kappa shape index (κ2) is 13.1. The van der Waals surface area contributed by atoms with Crippen molar-refractivity contribution in [2.24, 2.45) is 5.10 Å². The summed E-state index contributed by atoms with van der Waals surface area (Å²) in [4.78, 5) is 41.5. The lowest BCUT2D eigenvalue weighted by Gasteiger charge is -2.12. The number of methoxy groups -OCH3 is 1. The first-order chi connectivity index (χ1) is 19.7. The van der Waals surface area contributed by atoms with Gasteiger partial charge in [0.25, 0.3) is 11.5 Å². The van der Waals surface area contributed by atoms with E-state index in [9.17, 15) is 24.1 Å². The molecule has 0 unspecified atom stereocenters. The van der Waals surface area contributed by atoms with Gasteiger partial charge >= 0.3 is 5.69 Å². The van der Waals surface area contributed by atoms with Gasteiger partial charge in [0, 0.05) is 28.2 Å². The van der Waals surface area contributed by atoms with Gasteiger partial charge in [0.15, 0.2) is 12.4 Å². The molecule has 0 radical (unpaired) electrons. The highest BCUT2D eigenvalue weighted by Gasteiger charge is 2.23. The second-order valence-corrected chi connectivity index (χ2v) is 9.75. The molecule has 41 heavy (non-hydrogen) atoms. The fraction of sp³-hybridized carbons (Fsp3) is 0.214. The van der Waals surface area contributed by atoms with E-state index in [1.807, 2.05) is 6.92 Å². The number of carbonyl (C=O) groups is 1. The second-order valence-electron chi connectivity index (χ2n) is 8.83. The van der Waals surface area contributed by atoms with Gasteiger partial charge in [-0.2, -0.15) is 9.78 Å². The highest BCUT2D eigenvalue weighted by molar-refractivity contribution is 9.10. The van der Waals surface area contributed by atoms with E-state index in [1.54, 1.807) is 18.2 Å². The zero-order valence-corrected chi connectivity index (χ0v) is 23.7. The maximum Gasteiger partial charge on any atom is 0.315 e. The predicted molar refractivity (Wildman–Crippen MR) is 155 cm³/mol. The van der Waals surface area contributed by atoms with Gasteiger partial charge in [0.1, 0.15) is 11.6 Å². The van der Waals surface area contributed by atoms with Crippen molar-refractivity contribution < 1.29 is 23.6 Å². The number of rotatable bonds is 11. The van der Waals surface area contributed by atoms with Crippen LogP contribution in [0.2, 0.25) is 0 Å². The monoisotopic (exact) mass is 625 g/mol. The average molecular weight is 626 g/mol. The zero-order chi connectivity index (χ0) is 29.5. The van der Waals surface area contributed by atoms with Crippen LogP contribution in [0.1, 0.15) is 31.2 Å². The first kappa shape index (κ1) is 29.3. The Morgan fingerprint density at radius 1 is 1.24 bits per heavy atom. The molecule has 1 amide bonds. The van der Waals surface area contributed by atoms with Crippen LogP contribution in [0.4, 0.5) is 15.8 Å². The number of ether oxygens (including phenoxy) is 2. The lowest BCUT2D eigenvalue weighted by Crippen LogP contribution is -2.22. The Balaban J connectivity index is 1.66. The van der Waals surface area contributed by atoms with E-state index < -0.39 is 28.9 Å². The van der Waals surface area contributed by atoms with Crippen LogP contribution in [0, 0.1) is 15.9 Å². The van der Waals surface area contributed by atoms with Crippen LogP contribution in [-0.2, 0) is 11.2 Å². The molecular weight excluding hydrogens is 601 g/mol. The number of amides is 1. The summed E-state index contributed by atoms with van der Waals surface area (Å²) in [5, 5.41) is 19.1. The van der Waals surface area contributed by atoms with Gasteiger partial charge in [-0.1, -0.05) is 35.3 Å². The number of unbranched alkanes of at least 4 members (excludes halogenated alkanes) is 1. The molecule has 0 aliphatic carbocycles. The van der Waals surface area contributed by atoms with Crippen molar-refractivity contribution in [3.05, 3.63) is 96.7 Å². The molecule has 3 aromatic carbocycles. The molecule has 0 spiro atoms. The molecule has 1 aromatic heterocycles. The van der Waals surface area contributed by atoms with Crippen molar-refractivity contribution in [1.82, 2.24) is 9.66 Å². The van der Waals surface area contributed by atoms with Crippen molar-refractivity contribution in [3.8, 4) is 11.5 Å². The van der Waals surface area contributed by atoms with E-state index in [1.165, 1.54) is 48.3 Å². The Morgan fingerprint density at radius 3 is 2.76 bits per heavy atom. The van der Waals surface area contributed by atoms with Crippen LogP contribution in [0.5, 0.6) is 11.5 Å². The molecular formula is C28H25BrFN5O6. The van der Waals surface area contributed by atoms with Crippen molar-refractivity contribution in [2.45, 2.75) is 26.2 Å². The summed E-state index contributed by atoms with van der Waals surface area (Å²) in [6, 6.07) is 13.1. The smallest absolute Gasteiger partial charge is 0.315 e. The summed E-state index contributed by atoms with van der Waals surface area (Å²) < 4.78 is 26.1. The van der Waals surface area contributed by atoms with E-state index in [4.69, 9.17) is 9.47 Å². The molecule has 1 N–H and O–H groups in total. The number of anilines is 1. The fourth-order valence-corrected chi connectivity index (χ4v) is 4.31. The van der Waals surface area contributed by atoms with Crippen LogP contribution >= 0.6 is 15.9 Å². The number of nitro groups is 1. The Bertz CT molecular complexity index is 1710. The molecule has 0 aliphatic rings. The molecule has 0 bridgehead atoms. The number of hydrogen-bond acceptors (Lipinski definition) is 8. The molecule has 212 valence electrons. The molecule has 4 rings (SSSR count). The number of aromatic nitrogens is 2. The van der Waals surface area contributed by atoms with E-state index >= 15 is 0 Å². The van der Waals surface area contributed by atoms with Gasteiger partial charge in [-0.05, 0) is 48.9 Å². The minimum absolute atomic E-state index is 0.0293. The number of benzene rings is 3. The van der Waals surface area contributed by atoms with Crippen molar-refractivity contribution in [2.75, 3.05) is 19.0 Å². The predicted octanol–water partition coefficient (Wildman–Crippen LogP) is 5.46. The molecule has 0 aliphatic heterocycles. The molecule has 4 aromatic rings. The first-order valence-electron chi connectivity index (χ1n) is 12.5. The standard InChI is InChI=1S/C28H25BrFN5O6/c1-3-4-8-25-33-22-10-9-18(29)13-21(22)28(37)34(25)31-15-17-11-23(35(38)39)27(24(12-17)40-2)41-16-26(36)32-20-7-5-6-19(30)14-20/h5-7,9-15H,3-4,8,16H2,1-2H3,(H,32,36). The highest BCUT2D eigenvalue weighted by atomic mass is 79.9. The Kier molecular flexibility index (Phi) is 9.40. The number of nitrogens with zero attached hydrogens (tertiary/aromatic N) is 4. The van der Waals surface area contributed by atoms with Gasteiger partial charge < -0.3 is 14.8 Å². The van der Waals surface area contributed by atoms with Crippen LogP contribution in [-0.4, -0.2) is 40.4 Å². The number of fused-ring (bicyclic) bond motifs is 1. The van der Waals surface area contributed by atoms with E-state index in [0.29, 0.717) is 27.6 Å². The lowest BCUT2D eigenvalue weighted by atomic mass is 10.2. The molecule has 0 saturated carbocycles. The van der Waals surface area contributed by atoms with E-state index in [2.05, 4.69) is 31.3 Å². The number of carbonyl (C=O) groups excluding carboxylic acids is 1. The minimum Gasteiger partial charge on any atom is -0.493 e. The van der Waals surface area contributed by atoms with Gasteiger partial charge in [0.2, 0.25) is 5.75 Å². The van der Waals surface area contributed by atoms with E-state index in [0.717, 1.165) is 18.9 Å². The molecule has 0 atom stereocenters. The maximum atomic E-state index is 13.4. The highest BCUT2D eigenvalue weighted by Crippen LogP contribution is 2.38. The van der Waals surface area contributed by atoms with Crippen molar-refractivity contribution in [1.29, 1.82) is 0 Å². The van der Waals surface area contributed by atoms with Crippen LogP contribution in [0.15, 0.2) is 69.0 Å². The Labute approximate surface area is 241 Å². The van der Waals surface area contributed by atoms with Gasteiger partial charge in [-0.25, -0.2) is 9.37 Å². The van der Waals surface area contributed by atoms with Crippen LogP contribution in [0.25, 0.3) is 10.9 Å². The van der Waals surface area contributed by atoms with E-state index in [-0.39, 0.29) is 28.3 Å². The quantitative estimate of drug-likeness (QED) is 0.133. The molecule has 11 nitrogen and oxygen atoms in total. The number of nitrogens with one attached hydrogen (secondary N) is 1. The summed E-state index contributed by atoms with van der Waals surface area (Å²) in [6.07, 6.45) is 3.45. The largest absolute Gasteiger partial charge is 0.493 e. The first-order valence-corrected chi connectivity index (χ1v) is 13.3. The third kappa shape index (κ3) is 7.11. The fourth-order valence-electron chi connectivity index (χ4n) is 3.95. The van der Waals surface area contributed by atoms with Crippen molar-refractivity contribution >= 4 is 50.3 Å². The van der Waals surface area contributed by atoms with Gasteiger partial charge in [-0.15, -0.1) is 0 Å². The SMILES string of the molecule is CCCCc1nc2ccc(Br)cc2c(=O)n1N=Cc1cc(OC)c(OCC(=O)Nc2cccc(F)c2)c([N+](=O)[O-])c1. The third-order valence-corrected chi connectivity index (χ3v) is 6.38. The van der Waals surface area contributed by atoms with Crippen molar-refractivity contribution in [3.63, 3.8) is 0 Å². The Hall–Kier alpha value is -4.65.